The molecule has 0 unspecified atom stereocenters. The molecule has 1 amide bonds. The number of carbonyl (C=O) groups excluding carboxylic acids is 1. The molecule has 8 heteroatoms. The van der Waals surface area contributed by atoms with Crippen molar-refractivity contribution in [3.05, 3.63) is 40.7 Å². The molecule has 0 bridgehead atoms. The number of pyridine rings is 1. The summed E-state index contributed by atoms with van der Waals surface area (Å²) in [6.45, 7) is 3.59. The molecule has 0 spiro atoms. The van der Waals surface area contributed by atoms with Crippen molar-refractivity contribution >= 4 is 28.1 Å². The molecular weight excluding hydrogens is 310 g/mol. The summed E-state index contributed by atoms with van der Waals surface area (Å²) in [6.07, 6.45) is 4.03. The number of non-ortho nitro benzene ring substituents is 1. The lowest BCUT2D eigenvalue weighted by molar-refractivity contribution is -0.383. The van der Waals surface area contributed by atoms with Gasteiger partial charge in [0.25, 0.3) is 5.69 Å². The second-order valence-corrected chi connectivity index (χ2v) is 5.72. The van der Waals surface area contributed by atoms with Crippen LogP contribution in [0.5, 0.6) is 0 Å². The van der Waals surface area contributed by atoms with E-state index >= 15 is 0 Å². The third-order valence-electron chi connectivity index (χ3n) is 4.08. The number of anilines is 1. The highest BCUT2D eigenvalue weighted by atomic mass is 16.6. The molecule has 0 atom stereocenters. The fourth-order valence-corrected chi connectivity index (χ4v) is 2.90. The van der Waals surface area contributed by atoms with Crippen LogP contribution in [0.4, 0.5) is 11.4 Å². The Balaban J connectivity index is 1.62. The van der Waals surface area contributed by atoms with Crippen molar-refractivity contribution in [2.45, 2.75) is 6.42 Å². The number of benzene rings is 1. The molecular formula is C16H19N5O3. The third-order valence-corrected chi connectivity index (χ3v) is 4.08. The molecule has 0 radical (unpaired) electrons. The third kappa shape index (κ3) is 3.60. The number of carbonyl (C=O) groups is 1. The van der Waals surface area contributed by atoms with E-state index in [2.05, 4.69) is 20.5 Å². The second-order valence-electron chi connectivity index (χ2n) is 5.72. The molecule has 2 aromatic rings. The average Bonchev–Trinajstić information content (AvgIpc) is 2.58. The molecule has 1 fully saturated rings. The number of nitro benzene ring substituents is 1. The van der Waals surface area contributed by atoms with Crippen LogP contribution < -0.4 is 10.6 Å². The van der Waals surface area contributed by atoms with Crippen LogP contribution in [0.1, 0.15) is 6.42 Å². The fraction of sp³-hybridized carbons (Fsp3) is 0.375. The van der Waals surface area contributed by atoms with Crippen molar-refractivity contribution in [3.63, 3.8) is 0 Å². The summed E-state index contributed by atoms with van der Waals surface area (Å²) in [4.78, 5) is 28.2. The number of hydrogen-bond acceptors (Lipinski definition) is 6. The summed E-state index contributed by atoms with van der Waals surface area (Å²) in [5.74, 6) is 0.0723. The van der Waals surface area contributed by atoms with Gasteiger partial charge >= 0.3 is 0 Å². The first-order chi connectivity index (χ1) is 11.6. The summed E-state index contributed by atoms with van der Waals surface area (Å²) in [6, 6.07) is 5.01. The number of rotatable bonds is 6. The Bertz CT molecular complexity index is 764. The molecule has 1 saturated heterocycles. The molecule has 126 valence electrons. The van der Waals surface area contributed by atoms with Gasteiger partial charge in [0.05, 0.1) is 16.9 Å². The minimum atomic E-state index is -0.394. The van der Waals surface area contributed by atoms with E-state index in [1.165, 1.54) is 12.3 Å². The quantitative estimate of drug-likeness (QED) is 0.472. The van der Waals surface area contributed by atoms with E-state index in [0.29, 0.717) is 18.5 Å². The largest absolute Gasteiger partial charge is 0.384 e. The summed E-state index contributed by atoms with van der Waals surface area (Å²) in [5, 5.41) is 18.6. The number of nitro groups is 1. The predicted molar refractivity (Wildman–Crippen MR) is 91.0 cm³/mol. The van der Waals surface area contributed by atoms with Gasteiger partial charge in [0.1, 0.15) is 0 Å². The Hall–Kier alpha value is -2.74. The van der Waals surface area contributed by atoms with Crippen LogP contribution in [-0.4, -0.2) is 53.4 Å². The number of fused-ring (bicyclic) bond motifs is 1. The lowest BCUT2D eigenvalue weighted by Gasteiger charge is -2.26. The molecule has 1 aromatic heterocycles. The van der Waals surface area contributed by atoms with Gasteiger partial charge in [-0.3, -0.25) is 24.8 Å². The van der Waals surface area contributed by atoms with E-state index in [1.54, 1.807) is 18.3 Å². The monoisotopic (exact) mass is 329 g/mol. The zero-order chi connectivity index (χ0) is 16.9. The van der Waals surface area contributed by atoms with Crippen LogP contribution in [0.2, 0.25) is 0 Å². The van der Waals surface area contributed by atoms with Gasteiger partial charge in [-0.1, -0.05) is 0 Å². The highest BCUT2D eigenvalue weighted by molar-refractivity contribution is 5.99. The van der Waals surface area contributed by atoms with Crippen molar-refractivity contribution in [2.24, 2.45) is 0 Å². The van der Waals surface area contributed by atoms with Crippen LogP contribution in [0.3, 0.4) is 0 Å². The molecule has 0 saturated carbocycles. The van der Waals surface area contributed by atoms with Crippen LogP contribution in [0.25, 0.3) is 10.8 Å². The Morgan fingerprint density at radius 3 is 3.00 bits per heavy atom. The second kappa shape index (κ2) is 7.22. The zero-order valence-electron chi connectivity index (χ0n) is 13.2. The first kappa shape index (κ1) is 16.1. The molecule has 1 aliphatic rings. The summed E-state index contributed by atoms with van der Waals surface area (Å²) >= 11 is 0. The zero-order valence-corrected chi connectivity index (χ0v) is 13.2. The topological polar surface area (TPSA) is 100 Å². The Labute approximate surface area is 139 Å². The molecule has 8 nitrogen and oxygen atoms in total. The normalized spacial score (nSPS) is 15.2. The highest BCUT2D eigenvalue weighted by Gasteiger charge is 2.16. The Kier molecular flexibility index (Phi) is 4.85. The lowest BCUT2D eigenvalue weighted by Crippen LogP contribution is -2.47. The van der Waals surface area contributed by atoms with Crippen LogP contribution >= 0.6 is 0 Å². The van der Waals surface area contributed by atoms with E-state index in [9.17, 15) is 14.9 Å². The molecule has 3 rings (SSSR count). The van der Waals surface area contributed by atoms with Crippen LogP contribution in [0, 0.1) is 10.1 Å². The van der Waals surface area contributed by atoms with E-state index < -0.39 is 4.92 Å². The van der Waals surface area contributed by atoms with Crippen LogP contribution in [0.15, 0.2) is 30.6 Å². The lowest BCUT2D eigenvalue weighted by atomic mass is 10.1. The van der Waals surface area contributed by atoms with Crippen molar-refractivity contribution in [2.75, 3.05) is 38.0 Å². The maximum Gasteiger partial charge on any atom is 0.278 e. The van der Waals surface area contributed by atoms with Gasteiger partial charge in [-0.05, 0) is 18.6 Å². The van der Waals surface area contributed by atoms with Gasteiger partial charge in [-0.25, -0.2) is 0 Å². The van der Waals surface area contributed by atoms with Gasteiger partial charge < -0.3 is 10.6 Å². The first-order valence-electron chi connectivity index (χ1n) is 7.89. The van der Waals surface area contributed by atoms with Crippen molar-refractivity contribution in [1.29, 1.82) is 0 Å². The van der Waals surface area contributed by atoms with Gasteiger partial charge in [-0.15, -0.1) is 0 Å². The van der Waals surface area contributed by atoms with E-state index in [-0.39, 0.29) is 11.6 Å². The maximum atomic E-state index is 11.3. The molecule has 1 aromatic carbocycles. The number of piperazine rings is 1. The van der Waals surface area contributed by atoms with Crippen LogP contribution in [-0.2, 0) is 4.79 Å². The van der Waals surface area contributed by atoms with Crippen molar-refractivity contribution < 1.29 is 9.72 Å². The number of amides is 1. The fourth-order valence-electron chi connectivity index (χ4n) is 2.90. The highest BCUT2D eigenvalue weighted by Crippen LogP contribution is 2.30. The Morgan fingerprint density at radius 1 is 1.33 bits per heavy atom. The summed E-state index contributed by atoms with van der Waals surface area (Å²) in [7, 11) is 0. The van der Waals surface area contributed by atoms with Gasteiger partial charge in [0, 0.05) is 55.7 Å². The standard InChI is InChI=1S/C16H19N5O3/c22-16-11-20(9-7-19-16)8-1-5-18-14-2-3-15(21(23)24)13-10-17-6-4-12(13)14/h2-4,6,10,18H,1,5,7-9,11H2,(H,19,22). The number of aromatic nitrogens is 1. The predicted octanol–water partition coefficient (Wildman–Crippen LogP) is 1.38. The SMILES string of the molecule is O=C1CN(CCCNc2ccc([N+](=O)[O-])c3cnccc23)CCN1. The van der Waals surface area contributed by atoms with E-state index in [0.717, 1.165) is 37.1 Å². The molecule has 24 heavy (non-hydrogen) atoms. The smallest absolute Gasteiger partial charge is 0.278 e. The van der Waals surface area contributed by atoms with Crippen molar-refractivity contribution in [3.8, 4) is 0 Å². The first-order valence-corrected chi connectivity index (χ1v) is 7.89. The van der Waals surface area contributed by atoms with Gasteiger partial charge in [0.2, 0.25) is 5.91 Å². The number of nitrogens with zero attached hydrogens (tertiary/aromatic N) is 3. The average molecular weight is 329 g/mol. The van der Waals surface area contributed by atoms with E-state index in [1.807, 2.05) is 0 Å². The minimum Gasteiger partial charge on any atom is -0.384 e. The maximum absolute atomic E-state index is 11.3. The Morgan fingerprint density at radius 2 is 2.21 bits per heavy atom. The molecule has 0 aliphatic carbocycles. The number of hydrogen-bond donors (Lipinski definition) is 2. The van der Waals surface area contributed by atoms with Gasteiger partial charge in [0.15, 0.2) is 0 Å². The summed E-state index contributed by atoms with van der Waals surface area (Å²) in [5.41, 5.74) is 0.914. The van der Waals surface area contributed by atoms with Gasteiger partial charge in [-0.2, -0.15) is 0 Å². The minimum absolute atomic E-state index is 0.0583. The number of nitrogens with one attached hydrogen (secondary N) is 2. The van der Waals surface area contributed by atoms with Crippen molar-refractivity contribution in [1.82, 2.24) is 15.2 Å². The molecule has 2 N–H and O–H groups in total. The molecule has 1 aliphatic heterocycles. The molecule has 2 heterocycles. The summed E-state index contributed by atoms with van der Waals surface area (Å²) < 4.78 is 0. The van der Waals surface area contributed by atoms with E-state index in [4.69, 9.17) is 0 Å².